The fourth-order valence-electron chi connectivity index (χ4n) is 2.62. The van der Waals surface area contributed by atoms with E-state index < -0.39 is 0 Å². The van der Waals surface area contributed by atoms with Gasteiger partial charge in [-0.3, -0.25) is 4.79 Å². The maximum absolute atomic E-state index is 12.1. The van der Waals surface area contributed by atoms with Gasteiger partial charge in [0.15, 0.2) is 6.61 Å². The monoisotopic (exact) mass is 394 g/mol. The minimum atomic E-state index is -0.248. The fourth-order valence-corrected chi connectivity index (χ4v) is 3.95. The van der Waals surface area contributed by atoms with Gasteiger partial charge in [-0.2, -0.15) is 0 Å². The van der Waals surface area contributed by atoms with Gasteiger partial charge in [0.05, 0.1) is 15.2 Å². The van der Waals surface area contributed by atoms with Gasteiger partial charge in [-0.05, 0) is 42.5 Å². The molecule has 0 saturated carbocycles. The molecule has 0 aliphatic heterocycles. The van der Waals surface area contributed by atoms with E-state index in [2.05, 4.69) is 10.3 Å². The molecule has 134 valence electrons. The molecule has 1 aromatic heterocycles. The third-order valence-corrected chi connectivity index (χ3v) is 5.27. The summed E-state index contributed by atoms with van der Waals surface area (Å²) in [6, 6.07) is 22.6. The van der Waals surface area contributed by atoms with Crippen molar-refractivity contribution in [1.29, 1.82) is 0 Å². The lowest BCUT2D eigenvalue weighted by Crippen LogP contribution is -2.20. The highest BCUT2D eigenvalue weighted by molar-refractivity contribution is 7.21. The molecule has 0 saturated heterocycles. The number of amides is 1. The number of halogens is 1. The van der Waals surface area contributed by atoms with Gasteiger partial charge in [0.1, 0.15) is 10.8 Å². The molecule has 1 heterocycles. The van der Waals surface area contributed by atoms with Crippen LogP contribution in [0.15, 0.2) is 72.8 Å². The van der Waals surface area contributed by atoms with E-state index >= 15 is 0 Å². The highest BCUT2D eigenvalue weighted by Gasteiger charge is 2.11. The van der Waals surface area contributed by atoms with Crippen LogP contribution in [-0.2, 0) is 4.79 Å². The topological polar surface area (TPSA) is 51.2 Å². The van der Waals surface area contributed by atoms with Crippen molar-refractivity contribution in [2.24, 2.45) is 0 Å². The van der Waals surface area contributed by atoms with E-state index in [0.29, 0.717) is 16.5 Å². The molecule has 0 unspecified atom stereocenters. The molecule has 0 fully saturated rings. The Labute approximate surface area is 165 Å². The number of para-hydroxylation sites is 2. The summed E-state index contributed by atoms with van der Waals surface area (Å²) in [6.07, 6.45) is 0. The molecule has 4 rings (SSSR count). The lowest BCUT2D eigenvalue weighted by atomic mass is 10.2. The number of carbonyl (C=O) groups excluding carboxylic acids is 1. The number of ether oxygens (including phenoxy) is 1. The molecule has 1 amide bonds. The quantitative estimate of drug-likeness (QED) is 0.477. The Hall–Kier alpha value is -2.89. The van der Waals surface area contributed by atoms with Crippen LogP contribution in [0.5, 0.6) is 5.75 Å². The number of hydrogen-bond donors (Lipinski definition) is 1. The van der Waals surface area contributed by atoms with E-state index in [1.165, 1.54) is 0 Å². The molecule has 4 nitrogen and oxygen atoms in total. The number of thiazole rings is 1. The molecule has 0 atom stereocenters. The Kier molecular flexibility index (Phi) is 5.05. The molecule has 27 heavy (non-hydrogen) atoms. The lowest BCUT2D eigenvalue weighted by molar-refractivity contribution is -0.118. The summed E-state index contributed by atoms with van der Waals surface area (Å²) < 4.78 is 6.55. The Balaban J connectivity index is 1.45. The Morgan fingerprint density at radius 1 is 1.04 bits per heavy atom. The van der Waals surface area contributed by atoms with Crippen molar-refractivity contribution in [2.45, 2.75) is 0 Å². The summed E-state index contributed by atoms with van der Waals surface area (Å²) in [5, 5.41) is 4.18. The van der Waals surface area contributed by atoms with Gasteiger partial charge in [0, 0.05) is 11.3 Å². The van der Waals surface area contributed by atoms with Crippen molar-refractivity contribution < 1.29 is 9.53 Å². The van der Waals surface area contributed by atoms with Gasteiger partial charge < -0.3 is 10.1 Å². The van der Waals surface area contributed by atoms with Gasteiger partial charge >= 0.3 is 0 Å². The van der Waals surface area contributed by atoms with Crippen molar-refractivity contribution in [3.05, 3.63) is 77.8 Å². The Morgan fingerprint density at radius 3 is 2.59 bits per heavy atom. The predicted octanol–water partition coefficient (Wildman–Crippen LogP) is 5.63. The van der Waals surface area contributed by atoms with Crippen LogP contribution in [0.2, 0.25) is 5.02 Å². The molecule has 4 aromatic rings. The molecule has 0 aliphatic rings. The minimum Gasteiger partial charge on any atom is -0.484 e. The summed E-state index contributed by atoms with van der Waals surface area (Å²) in [5.41, 5.74) is 2.41. The van der Waals surface area contributed by atoms with Crippen LogP contribution in [0.1, 0.15) is 0 Å². The van der Waals surface area contributed by atoms with E-state index in [1.807, 2.05) is 54.6 Å². The maximum Gasteiger partial charge on any atom is 0.262 e. The molecule has 1 N–H and O–H groups in total. The fraction of sp³-hybridized carbons (Fsp3) is 0.0476. The third kappa shape index (κ3) is 4.10. The van der Waals surface area contributed by atoms with Crippen LogP contribution >= 0.6 is 22.9 Å². The van der Waals surface area contributed by atoms with E-state index in [4.69, 9.17) is 16.3 Å². The number of nitrogens with zero attached hydrogens (tertiary/aromatic N) is 1. The second-order valence-electron chi connectivity index (χ2n) is 5.83. The van der Waals surface area contributed by atoms with Gasteiger partial charge in [0.2, 0.25) is 0 Å². The van der Waals surface area contributed by atoms with Crippen LogP contribution in [0.3, 0.4) is 0 Å². The van der Waals surface area contributed by atoms with Crippen LogP contribution in [0.25, 0.3) is 20.8 Å². The molecular formula is C21H15ClN2O2S. The first-order valence-electron chi connectivity index (χ1n) is 8.32. The molecule has 3 aromatic carbocycles. The van der Waals surface area contributed by atoms with Crippen molar-refractivity contribution in [3.8, 4) is 16.3 Å². The van der Waals surface area contributed by atoms with Crippen LogP contribution in [0, 0.1) is 0 Å². The van der Waals surface area contributed by atoms with Crippen LogP contribution in [0.4, 0.5) is 5.69 Å². The zero-order valence-corrected chi connectivity index (χ0v) is 15.8. The van der Waals surface area contributed by atoms with Crippen molar-refractivity contribution in [2.75, 3.05) is 11.9 Å². The van der Waals surface area contributed by atoms with Gasteiger partial charge in [-0.15, -0.1) is 11.3 Å². The smallest absolute Gasteiger partial charge is 0.262 e. The van der Waals surface area contributed by atoms with E-state index in [-0.39, 0.29) is 12.5 Å². The minimum absolute atomic E-state index is 0.0682. The van der Waals surface area contributed by atoms with Gasteiger partial charge in [-0.1, -0.05) is 41.9 Å². The van der Waals surface area contributed by atoms with E-state index in [9.17, 15) is 4.79 Å². The zero-order chi connectivity index (χ0) is 18.6. The summed E-state index contributed by atoms with van der Waals surface area (Å²) in [6.45, 7) is -0.0682. The molecule has 0 spiro atoms. The number of aromatic nitrogens is 1. The highest BCUT2D eigenvalue weighted by Crippen LogP contribution is 2.35. The average molecular weight is 395 g/mol. The number of rotatable bonds is 5. The number of carbonyl (C=O) groups is 1. The van der Waals surface area contributed by atoms with Crippen LogP contribution in [-0.4, -0.2) is 17.5 Å². The zero-order valence-electron chi connectivity index (χ0n) is 14.2. The van der Waals surface area contributed by atoms with Gasteiger partial charge in [-0.25, -0.2) is 4.98 Å². The second kappa shape index (κ2) is 7.78. The summed E-state index contributed by atoms with van der Waals surface area (Å²) in [7, 11) is 0. The first kappa shape index (κ1) is 17.5. The Bertz CT molecular complexity index is 1060. The molecular weight excluding hydrogens is 380 g/mol. The molecule has 0 bridgehead atoms. The average Bonchev–Trinajstić information content (AvgIpc) is 3.11. The summed E-state index contributed by atoms with van der Waals surface area (Å²) >= 11 is 8.02. The number of anilines is 1. The SMILES string of the molecule is O=C(COc1ccccc1)Nc1ccc(-c2nc3ccccc3s2)c(Cl)c1. The largest absolute Gasteiger partial charge is 0.484 e. The highest BCUT2D eigenvalue weighted by atomic mass is 35.5. The normalized spacial score (nSPS) is 10.7. The van der Waals surface area contributed by atoms with Crippen molar-refractivity contribution >= 4 is 44.7 Å². The predicted molar refractivity (Wildman–Crippen MR) is 111 cm³/mol. The summed E-state index contributed by atoms with van der Waals surface area (Å²) in [5.74, 6) is 0.402. The molecule has 6 heteroatoms. The number of hydrogen-bond acceptors (Lipinski definition) is 4. The number of benzene rings is 3. The maximum atomic E-state index is 12.1. The first-order chi connectivity index (χ1) is 13.2. The number of nitrogens with one attached hydrogen (secondary N) is 1. The number of fused-ring (bicyclic) bond motifs is 1. The van der Waals surface area contributed by atoms with Crippen LogP contribution < -0.4 is 10.1 Å². The third-order valence-electron chi connectivity index (χ3n) is 3.89. The first-order valence-corrected chi connectivity index (χ1v) is 9.52. The standard InChI is InChI=1S/C21H15ClN2O2S/c22-17-12-14(23-20(25)13-26-15-6-2-1-3-7-15)10-11-16(17)21-24-18-8-4-5-9-19(18)27-21/h1-12H,13H2,(H,23,25). The van der Waals surface area contributed by atoms with Gasteiger partial charge in [0.25, 0.3) is 5.91 Å². The Morgan fingerprint density at radius 2 is 1.81 bits per heavy atom. The van der Waals surface area contributed by atoms with Crippen molar-refractivity contribution in [1.82, 2.24) is 4.98 Å². The van der Waals surface area contributed by atoms with Crippen molar-refractivity contribution in [3.63, 3.8) is 0 Å². The second-order valence-corrected chi connectivity index (χ2v) is 7.27. The summed E-state index contributed by atoms with van der Waals surface area (Å²) in [4.78, 5) is 16.7. The molecule has 0 aliphatic carbocycles. The molecule has 0 radical (unpaired) electrons. The van der Waals surface area contributed by atoms with E-state index in [1.54, 1.807) is 29.5 Å². The lowest BCUT2D eigenvalue weighted by Gasteiger charge is -2.09. The van der Waals surface area contributed by atoms with E-state index in [0.717, 1.165) is 20.8 Å².